The first-order chi connectivity index (χ1) is 27.3. The highest BCUT2D eigenvalue weighted by Gasteiger charge is 2.13. The molecule has 0 saturated carbocycles. The van der Waals surface area contributed by atoms with Crippen LogP contribution in [0, 0.1) is 0 Å². The lowest BCUT2D eigenvalue weighted by molar-refractivity contribution is 0.0523. The van der Waals surface area contributed by atoms with Crippen LogP contribution in [0.5, 0.6) is 0 Å². The van der Waals surface area contributed by atoms with Gasteiger partial charge in [0.1, 0.15) is 0 Å². The fourth-order valence-electron chi connectivity index (χ4n) is 7.30. The molecule has 1 fully saturated rings. The monoisotopic (exact) mass is 761 g/mol. The van der Waals surface area contributed by atoms with Gasteiger partial charge in [-0.25, -0.2) is 0 Å². The molecule has 1 aromatic rings. The lowest BCUT2D eigenvalue weighted by Crippen LogP contribution is -2.37. The van der Waals surface area contributed by atoms with E-state index in [9.17, 15) is 0 Å². The highest BCUT2D eigenvalue weighted by molar-refractivity contribution is 5.23. The molecule has 2 rings (SSSR count). The zero-order chi connectivity index (χ0) is 39.0. The lowest BCUT2D eigenvalue weighted by Gasteiger charge is -2.20. The Bertz CT molecular complexity index is 1020. The van der Waals surface area contributed by atoms with Crippen LogP contribution in [0.1, 0.15) is 192 Å². The third-order valence-corrected chi connectivity index (χ3v) is 10.8. The second-order valence-electron chi connectivity index (χ2n) is 16.2. The van der Waals surface area contributed by atoms with Gasteiger partial charge in [-0.1, -0.05) is 164 Å². The summed E-state index contributed by atoms with van der Waals surface area (Å²) in [6.45, 7) is 12.1. The van der Waals surface area contributed by atoms with Crippen LogP contribution in [0.3, 0.4) is 0 Å². The highest BCUT2D eigenvalue weighted by atomic mass is 16.5. The fourth-order valence-corrected chi connectivity index (χ4v) is 7.30. The van der Waals surface area contributed by atoms with Crippen molar-refractivity contribution in [1.29, 1.82) is 0 Å². The topological polar surface area (TPSA) is 33.7 Å². The molecule has 1 aromatic carbocycles. The average Bonchev–Trinajstić information content (AvgIpc) is 3.72. The third kappa shape index (κ3) is 31.8. The summed E-state index contributed by atoms with van der Waals surface area (Å²) in [5, 5.41) is 3.79. The van der Waals surface area contributed by atoms with Crippen LogP contribution in [-0.2, 0) is 22.6 Å². The Morgan fingerprint density at radius 1 is 0.545 bits per heavy atom. The van der Waals surface area contributed by atoms with Crippen molar-refractivity contribution in [3.63, 3.8) is 0 Å². The van der Waals surface area contributed by atoms with Crippen molar-refractivity contribution in [1.82, 2.24) is 10.2 Å². The Morgan fingerprint density at radius 2 is 0.982 bits per heavy atom. The van der Waals surface area contributed by atoms with Gasteiger partial charge in [-0.2, -0.15) is 0 Å². The summed E-state index contributed by atoms with van der Waals surface area (Å²) in [4.78, 5) is 2.58. The molecule has 1 heterocycles. The smallest absolute Gasteiger partial charge is 0.0642 e. The van der Waals surface area contributed by atoms with Gasteiger partial charge in [-0.3, -0.25) is 4.90 Å². The minimum atomic E-state index is 0.219. The Morgan fingerprint density at radius 3 is 1.47 bits per heavy atom. The molecule has 0 amide bonds. The molecule has 55 heavy (non-hydrogen) atoms. The van der Waals surface area contributed by atoms with Gasteiger partial charge >= 0.3 is 0 Å². The first kappa shape index (κ1) is 49.2. The predicted molar refractivity (Wildman–Crippen MR) is 242 cm³/mol. The summed E-state index contributed by atoms with van der Waals surface area (Å²) in [6, 6.07) is 9.37. The molecule has 1 N–H and O–H groups in total. The summed E-state index contributed by atoms with van der Waals surface area (Å²) >= 11 is 0. The Labute approximate surface area is 342 Å². The number of hydrogen-bond donors (Lipinski definition) is 1. The van der Waals surface area contributed by atoms with Gasteiger partial charge in [0, 0.05) is 26.3 Å². The highest BCUT2D eigenvalue weighted by Crippen LogP contribution is 2.15. The molecule has 1 aliphatic heterocycles. The number of unbranched alkanes of at least 4 members (excludes halogenated alkanes) is 18. The molecular formula is C51H88N2O2. The van der Waals surface area contributed by atoms with Gasteiger partial charge in [0.25, 0.3) is 0 Å². The molecule has 4 heteroatoms. The predicted octanol–water partition coefficient (Wildman–Crippen LogP) is 14.4. The molecule has 0 radical (unpaired) electrons. The first-order valence-corrected chi connectivity index (χ1v) is 23.6. The van der Waals surface area contributed by atoms with E-state index in [4.69, 9.17) is 9.47 Å². The number of allylic oxidation sites excluding steroid dienone is 8. The zero-order valence-electron chi connectivity index (χ0n) is 36.3. The number of benzene rings is 1. The van der Waals surface area contributed by atoms with Crippen molar-refractivity contribution in [2.45, 2.75) is 200 Å². The maximum Gasteiger partial charge on any atom is 0.0642 e. The average molecular weight is 761 g/mol. The molecular weight excluding hydrogens is 673 g/mol. The van der Waals surface area contributed by atoms with E-state index in [-0.39, 0.29) is 6.04 Å². The van der Waals surface area contributed by atoms with E-state index in [1.54, 1.807) is 0 Å². The minimum absolute atomic E-state index is 0.219. The maximum absolute atomic E-state index is 6.23. The van der Waals surface area contributed by atoms with Crippen molar-refractivity contribution in [3.8, 4) is 0 Å². The van der Waals surface area contributed by atoms with Crippen LogP contribution in [0.2, 0.25) is 0 Å². The van der Waals surface area contributed by atoms with Gasteiger partial charge < -0.3 is 14.8 Å². The van der Waals surface area contributed by atoms with Gasteiger partial charge in [-0.05, 0) is 114 Å². The van der Waals surface area contributed by atoms with Crippen LogP contribution in [0.25, 0.3) is 0 Å². The Hall–Kier alpha value is -1.98. The second-order valence-corrected chi connectivity index (χ2v) is 16.2. The van der Waals surface area contributed by atoms with E-state index >= 15 is 0 Å². The van der Waals surface area contributed by atoms with E-state index in [0.29, 0.717) is 0 Å². The minimum Gasteiger partial charge on any atom is -0.380 e. The Balaban J connectivity index is 1.56. The number of nitrogens with zero attached hydrogens (tertiary/aromatic N) is 1. The largest absolute Gasteiger partial charge is 0.380 e. The van der Waals surface area contributed by atoms with Crippen LogP contribution >= 0.6 is 0 Å². The zero-order valence-corrected chi connectivity index (χ0v) is 36.3. The molecule has 4 nitrogen and oxygen atoms in total. The van der Waals surface area contributed by atoms with Crippen LogP contribution in [-0.4, -0.2) is 50.5 Å². The molecule has 314 valence electrons. The SMILES string of the molecule is CCCCC/C=C\C/C=C\CCCCCCCCOCC(COCCCCCCCC/C=C/C/C=C/CCCCC)NCc1cccc(CN2CCCC2)c1. The summed E-state index contributed by atoms with van der Waals surface area (Å²) in [7, 11) is 0. The van der Waals surface area contributed by atoms with Gasteiger partial charge in [-0.15, -0.1) is 0 Å². The number of ether oxygens (including phenoxy) is 2. The fraction of sp³-hybridized carbons (Fsp3) is 0.725. The Kier molecular flexibility index (Phi) is 34.8. The van der Waals surface area contributed by atoms with Crippen molar-refractivity contribution < 1.29 is 9.47 Å². The van der Waals surface area contributed by atoms with Crippen molar-refractivity contribution in [2.75, 3.05) is 39.5 Å². The molecule has 1 saturated heterocycles. The van der Waals surface area contributed by atoms with Crippen molar-refractivity contribution in [2.24, 2.45) is 0 Å². The number of nitrogens with one attached hydrogen (secondary N) is 1. The van der Waals surface area contributed by atoms with E-state index in [1.165, 1.54) is 165 Å². The molecule has 1 aliphatic rings. The van der Waals surface area contributed by atoms with E-state index in [0.717, 1.165) is 65.2 Å². The van der Waals surface area contributed by atoms with Gasteiger partial charge in [0.2, 0.25) is 0 Å². The van der Waals surface area contributed by atoms with Crippen LogP contribution in [0.4, 0.5) is 0 Å². The summed E-state index contributed by atoms with van der Waals surface area (Å²) in [5.41, 5.74) is 2.79. The summed E-state index contributed by atoms with van der Waals surface area (Å²) in [6.07, 6.45) is 52.1. The molecule has 1 atom stereocenters. The van der Waals surface area contributed by atoms with Gasteiger partial charge in [0.05, 0.1) is 19.3 Å². The maximum atomic E-state index is 6.23. The van der Waals surface area contributed by atoms with Crippen molar-refractivity contribution >= 4 is 0 Å². The van der Waals surface area contributed by atoms with E-state index in [1.807, 2.05) is 0 Å². The number of likely N-dealkylation sites (tertiary alicyclic amines) is 1. The van der Waals surface area contributed by atoms with Crippen molar-refractivity contribution in [3.05, 3.63) is 84.0 Å². The quantitative estimate of drug-likeness (QED) is 0.0535. The number of rotatable bonds is 39. The molecule has 0 spiro atoms. The standard InChI is InChI=1S/C51H88N2O2/c1-3-5-7-9-11-13-15-17-19-21-23-25-27-29-31-35-42-54-47-51(52-45-49-38-37-39-50(44-49)46-53-40-33-34-41-53)48-55-43-36-32-30-28-26-24-22-20-18-16-14-12-10-8-6-4-2/h11-14,17-20,37-39,44,51-52H,3-10,15-16,21-36,40-43,45-48H2,1-2H3/b13-11-,14-12+,19-17-,20-18+. The molecule has 1 unspecified atom stereocenters. The lowest BCUT2D eigenvalue weighted by atomic mass is 10.1. The third-order valence-electron chi connectivity index (χ3n) is 10.8. The number of hydrogen-bond acceptors (Lipinski definition) is 4. The van der Waals surface area contributed by atoms with Gasteiger partial charge in [0.15, 0.2) is 0 Å². The van der Waals surface area contributed by atoms with Crippen LogP contribution in [0.15, 0.2) is 72.9 Å². The molecule has 0 aromatic heterocycles. The van der Waals surface area contributed by atoms with E-state index < -0.39 is 0 Å². The summed E-state index contributed by atoms with van der Waals surface area (Å²) < 4.78 is 12.5. The van der Waals surface area contributed by atoms with E-state index in [2.05, 4.69) is 96.9 Å². The summed E-state index contributed by atoms with van der Waals surface area (Å²) in [5.74, 6) is 0. The first-order valence-electron chi connectivity index (χ1n) is 23.6. The van der Waals surface area contributed by atoms with Crippen LogP contribution < -0.4 is 5.32 Å². The molecule has 0 aliphatic carbocycles. The normalized spacial score (nSPS) is 14.6. The molecule has 0 bridgehead atoms. The second kappa shape index (κ2) is 38.9.